The van der Waals surface area contributed by atoms with E-state index in [0.717, 1.165) is 16.7 Å². The van der Waals surface area contributed by atoms with Gasteiger partial charge in [0, 0.05) is 12.5 Å². The molecule has 0 spiro atoms. The molecule has 2 aromatic carbocycles. The molecule has 0 heterocycles. The van der Waals surface area contributed by atoms with Crippen molar-refractivity contribution in [2.45, 2.75) is 27.2 Å². The zero-order valence-electron chi connectivity index (χ0n) is 15.2. The fourth-order valence-electron chi connectivity index (χ4n) is 2.43. The molecule has 3 heteroatoms. The van der Waals surface area contributed by atoms with Crippen molar-refractivity contribution in [2.24, 2.45) is 0 Å². The fourth-order valence-corrected chi connectivity index (χ4v) is 2.43. The molecule has 25 heavy (non-hydrogen) atoms. The van der Waals surface area contributed by atoms with Crippen molar-refractivity contribution >= 4 is 18.1 Å². The summed E-state index contributed by atoms with van der Waals surface area (Å²) in [5.41, 5.74) is 4.08. The van der Waals surface area contributed by atoms with Crippen LogP contribution in [-0.2, 0) is 11.2 Å². The summed E-state index contributed by atoms with van der Waals surface area (Å²) in [6.45, 7) is 5.48. The molecule has 0 aliphatic heterocycles. The van der Waals surface area contributed by atoms with Gasteiger partial charge in [-0.1, -0.05) is 54.1 Å². The van der Waals surface area contributed by atoms with Crippen molar-refractivity contribution < 1.29 is 14.3 Å². The second-order valence-corrected chi connectivity index (χ2v) is 6.02. The average molecular weight is 336 g/mol. The number of carbonyl (C=O) groups excluding carboxylic acids is 1. The highest BCUT2D eigenvalue weighted by Gasteiger charge is 2.13. The van der Waals surface area contributed by atoms with Gasteiger partial charge >= 0.3 is 5.97 Å². The summed E-state index contributed by atoms with van der Waals surface area (Å²) >= 11 is 0. The smallest absolute Gasteiger partial charge is 0.308 e. The van der Waals surface area contributed by atoms with E-state index in [1.807, 2.05) is 68.5 Å². The zero-order valence-corrected chi connectivity index (χ0v) is 15.2. The first kappa shape index (κ1) is 18.5. The second kappa shape index (κ2) is 8.88. The Hall–Kier alpha value is -2.81. The molecule has 0 N–H and O–H groups in total. The minimum absolute atomic E-state index is 0.343. The number of hydrogen-bond acceptors (Lipinski definition) is 3. The molecule has 2 aromatic rings. The monoisotopic (exact) mass is 336 g/mol. The van der Waals surface area contributed by atoms with Crippen LogP contribution < -0.4 is 9.47 Å². The summed E-state index contributed by atoms with van der Waals surface area (Å²) in [6, 6.07) is 13.9. The molecule has 0 radical (unpaired) electrons. The highest BCUT2D eigenvalue weighted by Crippen LogP contribution is 2.32. The van der Waals surface area contributed by atoms with E-state index < -0.39 is 0 Å². The summed E-state index contributed by atoms with van der Waals surface area (Å²) in [6.07, 6.45) is 6.73. The van der Waals surface area contributed by atoms with Gasteiger partial charge in [0.1, 0.15) is 11.5 Å². The lowest BCUT2D eigenvalue weighted by Gasteiger charge is -2.14. The van der Waals surface area contributed by atoms with Crippen molar-refractivity contribution in [1.29, 1.82) is 0 Å². The molecule has 0 atom stereocenters. The molecule has 3 nitrogen and oxygen atoms in total. The third kappa shape index (κ3) is 5.64. The molecule has 2 rings (SSSR count). The van der Waals surface area contributed by atoms with E-state index in [9.17, 15) is 4.79 Å². The summed E-state index contributed by atoms with van der Waals surface area (Å²) in [5, 5.41) is 0. The Morgan fingerprint density at radius 1 is 0.960 bits per heavy atom. The highest BCUT2D eigenvalue weighted by molar-refractivity contribution is 5.74. The Balaban J connectivity index is 2.43. The normalized spacial score (nSPS) is 10.6. The first-order valence-electron chi connectivity index (χ1n) is 8.25. The molecular formula is C22H24O3. The van der Waals surface area contributed by atoms with Crippen LogP contribution in [0, 0.1) is 0 Å². The molecule has 0 fully saturated rings. The van der Waals surface area contributed by atoms with E-state index >= 15 is 0 Å². The van der Waals surface area contributed by atoms with Gasteiger partial charge in [-0.15, -0.1) is 0 Å². The number of rotatable bonds is 6. The summed E-state index contributed by atoms with van der Waals surface area (Å²) in [5.74, 6) is 0.908. The number of benzene rings is 2. The molecule has 0 aromatic heterocycles. The van der Waals surface area contributed by atoms with Crippen molar-refractivity contribution in [3.8, 4) is 11.5 Å². The minimum atomic E-state index is -0.343. The maximum atomic E-state index is 11.5. The first-order chi connectivity index (χ1) is 12.0. The van der Waals surface area contributed by atoms with Crippen LogP contribution in [0.5, 0.6) is 11.5 Å². The number of methoxy groups -OCH3 is 1. The van der Waals surface area contributed by atoms with Gasteiger partial charge in [0.15, 0.2) is 0 Å². The van der Waals surface area contributed by atoms with Gasteiger partial charge in [-0.25, -0.2) is 0 Å². The molecule has 0 aliphatic carbocycles. The van der Waals surface area contributed by atoms with Crippen LogP contribution in [0.1, 0.15) is 37.5 Å². The highest BCUT2D eigenvalue weighted by atomic mass is 16.5. The number of hydrogen-bond donors (Lipinski definition) is 0. The van der Waals surface area contributed by atoms with Gasteiger partial charge in [-0.3, -0.25) is 4.79 Å². The van der Waals surface area contributed by atoms with Crippen molar-refractivity contribution in [3.05, 3.63) is 70.8 Å². The van der Waals surface area contributed by atoms with Gasteiger partial charge in [0.05, 0.1) is 7.11 Å². The number of allylic oxidation sites excluding steroid dienone is 2. The first-order valence-corrected chi connectivity index (χ1v) is 8.25. The lowest BCUT2D eigenvalue weighted by atomic mass is 10.0. The van der Waals surface area contributed by atoms with Crippen LogP contribution in [0.3, 0.4) is 0 Å². The van der Waals surface area contributed by atoms with E-state index in [2.05, 4.69) is 6.08 Å². The van der Waals surface area contributed by atoms with Gasteiger partial charge in [-0.05, 0) is 43.5 Å². The van der Waals surface area contributed by atoms with Crippen LogP contribution in [0.4, 0.5) is 0 Å². The van der Waals surface area contributed by atoms with Gasteiger partial charge < -0.3 is 9.47 Å². The predicted octanol–water partition coefficient (Wildman–Crippen LogP) is 5.30. The summed E-state index contributed by atoms with van der Waals surface area (Å²) in [4.78, 5) is 11.5. The van der Waals surface area contributed by atoms with Crippen molar-refractivity contribution in [1.82, 2.24) is 0 Å². The lowest BCUT2D eigenvalue weighted by Crippen LogP contribution is -2.05. The van der Waals surface area contributed by atoms with Crippen LogP contribution in [0.2, 0.25) is 0 Å². The summed E-state index contributed by atoms with van der Waals surface area (Å²) < 4.78 is 11.0. The molecule has 0 unspecified atom stereocenters. The predicted molar refractivity (Wildman–Crippen MR) is 103 cm³/mol. The topological polar surface area (TPSA) is 35.5 Å². The van der Waals surface area contributed by atoms with E-state index in [4.69, 9.17) is 9.47 Å². The Labute approximate surface area is 149 Å². The van der Waals surface area contributed by atoms with E-state index in [1.54, 1.807) is 7.11 Å². The molecule has 0 aliphatic rings. The van der Waals surface area contributed by atoms with Crippen molar-refractivity contribution in [2.75, 3.05) is 7.11 Å². The molecule has 130 valence electrons. The molecule has 0 saturated carbocycles. The molecule has 0 amide bonds. The zero-order chi connectivity index (χ0) is 18.2. The van der Waals surface area contributed by atoms with E-state index in [1.165, 1.54) is 12.5 Å². The Bertz CT molecular complexity index is 782. The third-order valence-electron chi connectivity index (χ3n) is 3.65. The molecule has 0 bridgehead atoms. The SMILES string of the molecule is COc1cc(/C=C/c2ccccc2)cc(OC(C)=O)c1CC=C(C)C. The molecular weight excluding hydrogens is 312 g/mol. The summed E-state index contributed by atoms with van der Waals surface area (Å²) in [7, 11) is 1.63. The van der Waals surface area contributed by atoms with Gasteiger partial charge in [0.2, 0.25) is 0 Å². The van der Waals surface area contributed by atoms with E-state index in [-0.39, 0.29) is 5.97 Å². The quantitative estimate of drug-likeness (QED) is 0.311. The maximum absolute atomic E-state index is 11.5. The second-order valence-electron chi connectivity index (χ2n) is 6.02. The number of esters is 1. The average Bonchev–Trinajstić information content (AvgIpc) is 2.58. The van der Waals surface area contributed by atoms with Crippen LogP contribution in [0.15, 0.2) is 54.1 Å². The molecule has 0 saturated heterocycles. The number of carbonyl (C=O) groups is 1. The fraction of sp³-hybridized carbons (Fsp3) is 0.227. The Kier molecular flexibility index (Phi) is 6.58. The Morgan fingerprint density at radius 3 is 2.20 bits per heavy atom. The van der Waals surface area contributed by atoms with Gasteiger partial charge in [0.25, 0.3) is 0 Å². The third-order valence-corrected chi connectivity index (χ3v) is 3.65. The minimum Gasteiger partial charge on any atom is -0.496 e. The lowest BCUT2D eigenvalue weighted by molar-refractivity contribution is -0.131. The largest absolute Gasteiger partial charge is 0.496 e. The van der Waals surface area contributed by atoms with Crippen LogP contribution in [-0.4, -0.2) is 13.1 Å². The standard InChI is InChI=1S/C22H24O3/c1-16(2)10-13-20-21(24-4)14-19(15-22(20)25-17(3)23)12-11-18-8-6-5-7-9-18/h5-12,14-15H,13H2,1-4H3/b12-11+. The van der Waals surface area contributed by atoms with Crippen LogP contribution >= 0.6 is 0 Å². The maximum Gasteiger partial charge on any atom is 0.308 e. The van der Waals surface area contributed by atoms with E-state index in [0.29, 0.717) is 17.9 Å². The van der Waals surface area contributed by atoms with Crippen molar-refractivity contribution in [3.63, 3.8) is 0 Å². The van der Waals surface area contributed by atoms with Crippen LogP contribution in [0.25, 0.3) is 12.2 Å². The number of ether oxygens (including phenoxy) is 2. The van der Waals surface area contributed by atoms with Gasteiger partial charge in [-0.2, -0.15) is 0 Å². The Morgan fingerprint density at radius 2 is 1.60 bits per heavy atom.